The van der Waals surface area contributed by atoms with Crippen LogP contribution in [0.5, 0.6) is 11.5 Å². The van der Waals surface area contributed by atoms with E-state index < -0.39 is 5.82 Å². The highest BCUT2D eigenvalue weighted by atomic mass is 19.1. The lowest BCUT2D eigenvalue weighted by atomic mass is 10.1. The van der Waals surface area contributed by atoms with Crippen LogP contribution in [-0.4, -0.2) is 0 Å². The number of nitriles is 1. The van der Waals surface area contributed by atoms with Gasteiger partial charge in [-0.05, 0) is 36.8 Å². The number of benzene rings is 2. The van der Waals surface area contributed by atoms with E-state index in [1.54, 1.807) is 12.1 Å². The van der Waals surface area contributed by atoms with Gasteiger partial charge in [0.15, 0.2) is 5.75 Å². The lowest BCUT2D eigenvalue weighted by Crippen LogP contribution is -1.94. The summed E-state index contributed by atoms with van der Waals surface area (Å²) in [6.07, 6.45) is 0. The van der Waals surface area contributed by atoms with Gasteiger partial charge in [-0.15, -0.1) is 0 Å². The first-order valence-corrected chi connectivity index (χ1v) is 5.34. The highest BCUT2D eigenvalue weighted by molar-refractivity contribution is 5.56. The third-order valence-electron chi connectivity index (χ3n) is 2.45. The van der Waals surface area contributed by atoms with E-state index in [-0.39, 0.29) is 5.75 Å². The molecule has 2 rings (SSSR count). The minimum atomic E-state index is -0.440. The van der Waals surface area contributed by atoms with E-state index in [1.165, 1.54) is 18.2 Å². The molecule has 2 aromatic rings. The van der Waals surface area contributed by atoms with E-state index in [0.29, 0.717) is 17.0 Å². The molecule has 0 aliphatic rings. The Labute approximate surface area is 104 Å². The fourth-order valence-electron chi connectivity index (χ4n) is 1.54. The van der Waals surface area contributed by atoms with Gasteiger partial charge < -0.3 is 10.5 Å². The highest BCUT2D eigenvalue weighted by Crippen LogP contribution is 2.30. The Morgan fingerprint density at radius 1 is 1.17 bits per heavy atom. The largest absolute Gasteiger partial charge is 0.454 e. The smallest absolute Gasteiger partial charge is 0.153 e. The van der Waals surface area contributed by atoms with Crippen LogP contribution in [0.25, 0.3) is 0 Å². The molecule has 0 spiro atoms. The van der Waals surface area contributed by atoms with E-state index in [1.807, 2.05) is 19.1 Å². The molecule has 0 amide bonds. The molecular weight excluding hydrogens is 231 g/mol. The zero-order valence-electron chi connectivity index (χ0n) is 9.77. The van der Waals surface area contributed by atoms with Crippen molar-refractivity contribution in [2.75, 3.05) is 5.73 Å². The van der Waals surface area contributed by atoms with E-state index >= 15 is 0 Å². The maximum absolute atomic E-state index is 13.1. The molecule has 0 aromatic heterocycles. The zero-order valence-corrected chi connectivity index (χ0v) is 9.77. The molecule has 0 heterocycles. The molecule has 4 heteroatoms. The number of hydrogen-bond acceptors (Lipinski definition) is 3. The molecule has 18 heavy (non-hydrogen) atoms. The first kappa shape index (κ1) is 11.9. The Morgan fingerprint density at radius 2 is 1.94 bits per heavy atom. The maximum atomic E-state index is 13.1. The van der Waals surface area contributed by atoms with Gasteiger partial charge >= 0.3 is 0 Å². The predicted molar refractivity (Wildman–Crippen MR) is 66.8 cm³/mol. The number of ether oxygens (including phenoxy) is 1. The molecule has 0 saturated heterocycles. The lowest BCUT2D eigenvalue weighted by molar-refractivity contribution is 0.477. The zero-order chi connectivity index (χ0) is 13.1. The van der Waals surface area contributed by atoms with Crippen molar-refractivity contribution in [1.29, 1.82) is 5.26 Å². The Morgan fingerprint density at radius 3 is 2.67 bits per heavy atom. The number of rotatable bonds is 2. The van der Waals surface area contributed by atoms with Crippen molar-refractivity contribution in [3.05, 3.63) is 53.3 Å². The van der Waals surface area contributed by atoms with Crippen LogP contribution in [0.1, 0.15) is 11.1 Å². The fourth-order valence-corrected chi connectivity index (χ4v) is 1.54. The van der Waals surface area contributed by atoms with Crippen LogP contribution in [0.4, 0.5) is 10.1 Å². The van der Waals surface area contributed by atoms with Gasteiger partial charge in [-0.25, -0.2) is 4.39 Å². The number of halogens is 1. The number of nitrogens with two attached hydrogens (primary N) is 1. The van der Waals surface area contributed by atoms with Gasteiger partial charge in [0.25, 0.3) is 0 Å². The normalized spacial score (nSPS) is 9.83. The molecular formula is C14H11FN2O. The van der Waals surface area contributed by atoms with Gasteiger partial charge in [0.2, 0.25) is 0 Å². The summed E-state index contributed by atoms with van der Waals surface area (Å²) in [5.41, 5.74) is 7.34. The van der Waals surface area contributed by atoms with Crippen LogP contribution in [0.15, 0.2) is 36.4 Å². The summed E-state index contributed by atoms with van der Waals surface area (Å²) in [6, 6.07) is 11.1. The summed E-state index contributed by atoms with van der Waals surface area (Å²) in [7, 11) is 0. The third-order valence-corrected chi connectivity index (χ3v) is 2.45. The number of nitrogen functional groups attached to an aromatic ring is 1. The monoisotopic (exact) mass is 242 g/mol. The molecule has 0 atom stereocenters. The van der Waals surface area contributed by atoms with Crippen molar-refractivity contribution in [3.63, 3.8) is 0 Å². The Bertz CT molecular complexity index is 632. The first-order chi connectivity index (χ1) is 8.60. The van der Waals surface area contributed by atoms with Gasteiger partial charge in [0, 0.05) is 6.07 Å². The van der Waals surface area contributed by atoms with Crippen LogP contribution in [0, 0.1) is 24.1 Å². The maximum Gasteiger partial charge on any atom is 0.153 e. The number of anilines is 1. The van der Waals surface area contributed by atoms with Gasteiger partial charge in [0.05, 0.1) is 11.3 Å². The number of hydrogen-bond donors (Lipinski definition) is 1. The standard InChI is InChI=1S/C14H11FN2O/c1-9-2-5-13(10(6-9)8-16)18-14-7-11(15)3-4-12(14)17/h2-7H,17H2,1H3. The molecule has 0 aliphatic carbocycles. The van der Waals surface area contributed by atoms with Crippen molar-refractivity contribution in [2.24, 2.45) is 0 Å². The predicted octanol–water partition coefficient (Wildman–Crippen LogP) is 3.38. The minimum absolute atomic E-state index is 0.204. The van der Waals surface area contributed by atoms with Gasteiger partial charge in [-0.1, -0.05) is 6.07 Å². The first-order valence-electron chi connectivity index (χ1n) is 5.34. The second-order valence-corrected chi connectivity index (χ2v) is 3.90. The third kappa shape index (κ3) is 2.41. The Balaban J connectivity index is 2.40. The van der Waals surface area contributed by atoms with Crippen molar-refractivity contribution in [1.82, 2.24) is 0 Å². The average molecular weight is 242 g/mol. The summed E-state index contributed by atoms with van der Waals surface area (Å²) in [5.74, 6) is 0.126. The van der Waals surface area contributed by atoms with Crippen molar-refractivity contribution < 1.29 is 9.13 Å². The molecule has 0 aliphatic heterocycles. The quantitative estimate of drug-likeness (QED) is 0.821. The highest BCUT2D eigenvalue weighted by Gasteiger charge is 2.08. The molecule has 3 nitrogen and oxygen atoms in total. The molecule has 0 radical (unpaired) electrons. The van der Waals surface area contributed by atoms with Crippen LogP contribution in [0.2, 0.25) is 0 Å². The van der Waals surface area contributed by atoms with Gasteiger partial charge in [0.1, 0.15) is 17.6 Å². The summed E-state index contributed by atoms with van der Waals surface area (Å²) in [5, 5.41) is 9.01. The number of nitrogens with zero attached hydrogens (tertiary/aromatic N) is 1. The van der Waals surface area contributed by atoms with E-state index in [2.05, 4.69) is 0 Å². The van der Waals surface area contributed by atoms with Crippen LogP contribution in [0.3, 0.4) is 0 Å². The van der Waals surface area contributed by atoms with Crippen LogP contribution >= 0.6 is 0 Å². The molecule has 0 saturated carbocycles. The average Bonchev–Trinajstić information content (AvgIpc) is 2.36. The fraction of sp³-hybridized carbons (Fsp3) is 0.0714. The summed E-state index contributed by atoms with van der Waals surface area (Å²) >= 11 is 0. The van der Waals surface area contributed by atoms with Crippen molar-refractivity contribution >= 4 is 5.69 Å². The van der Waals surface area contributed by atoms with Crippen molar-refractivity contribution in [2.45, 2.75) is 6.92 Å². The Kier molecular flexibility index (Phi) is 3.16. The van der Waals surface area contributed by atoms with E-state index in [9.17, 15) is 4.39 Å². The SMILES string of the molecule is Cc1ccc(Oc2cc(F)ccc2N)c(C#N)c1. The molecule has 90 valence electrons. The summed E-state index contributed by atoms with van der Waals surface area (Å²) in [4.78, 5) is 0. The molecule has 0 fully saturated rings. The molecule has 0 bridgehead atoms. The molecule has 2 N–H and O–H groups in total. The second kappa shape index (κ2) is 4.76. The van der Waals surface area contributed by atoms with E-state index in [4.69, 9.17) is 15.7 Å². The summed E-state index contributed by atoms with van der Waals surface area (Å²) < 4.78 is 18.6. The number of aryl methyl sites for hydroxylation is 1. The van der Waals surface area contributed by atoms with Crippen molar-refractivity contribution in [3.8, 4) is 17.6 Å². The van der Waals surface area contributed by atoms with Gasteiger partial charge in [-0.2, -0.15) is 5.26 Å². The second-order valence-electron chi connectivity index (χ2n) is 3.90. The lowest BCUT2D eigenvalue weighted by Gasteiger charge is -2.10. The topological polar surface area (TPSA) is 59.0 Å². The van der Waals surface area contributed by atoms with E-state index in [0.717, 1.165) is 5.56 Å². The van der Waals surface area contributed by atoms with Gasteiger partial charge in [-0.3, -0.25) is 0 Å². The summed E-state index contributed by atoms with van der Waals surface area (Å²) in [6.45, 7) is 1.88. The Hall–Kier alpha value is -2.54. The minimum Gasteiger partial charge on any atom is -0.454 e. The van der Waals surface area contributed by atoms with Crippen LogP contribution < -0.4 is 10.5 Å². The molecule has 0 unspecified atom stereocenters. The van der Waals surface area contributed by atoms with Crippen LogP contribution in [-0.2, 0) is 0 Å². The molecule has 2 aromatic carbocycles.